The summed E-state index contributed by atoms with van der Waals surface area (Å²) in [5.41, 5.74) is 2.12. The lowest BCUT2D eigenvalue weighted by molar-refractivity contribution is -0.119. The maximum atomic E-state index is 13.5. The number of para-hydroxylation sites is 1. The summed E-state index contributed by atoms with van der Waals surface area (Å²) >= 11 is 6.17. The first-order chi connectivity index (χ1) is 15.8. The SMILES string of the molecule is COc1ccc(S(=O)(=O)N(CC(=O)NCCCc2ccccc2Cl)c2ccccc2)cc1C. The molecule has 174 valence electrons. The van der Waals surface area contributed by atoms with Gasteiger partial charge in [-0.05, 0) is 67.3 Å². The normalized spacial score (nSPS) is 11.1. The molecule has 0 saturated carbocycles. The Morgan fingerprint density at radius 1 is 1.03 bits per heavy atom. The van der Waals surface area contributed by atoms with Gasteiger partial charge in [0, 0.05) is 11.6 Å². The van der Waals surface area contributed by atoms with Crippen LogP contribution in [0, 0.1) is 6.92 Å². The van der Waals surface area contributed by atoms with Crippen LogP contribution in [0.15, 0.2) is 77.7 Å². The van der Waals surface area contributed by atoms with Gasteiger partial charge < -0.3 is 10.1 Å². The molecular formula is C25H27ClN2O4S. The fourth-order valence-electron chi connectivity index (χ4n) is 3.44. The van der Waals surface area contributed by atoms with Gasteiger partial charge in [-0.3, -0.25) is 9.10 Å². The number of hydrogen-bond donors (Lipinski definition) is 1. The molecule has 0 saturated heterocycles. The molecule has 0 fully saturated rings. The van der Waals surface area contributed by atoms with Crippen molar-refractivity contribution in [3.63, 3.8) is 0 Å². The van der Waals surface area contributed by atoms with Crippen LogP contribution in [0.25, 0.3) is 0 Å². The molecule has 0 aliphatic heterocycles. The predicted octanol–water partition coefficient (Wildman–Crippen LogP) is 4.60. The maximum Gasteiger partial charge on any atom is 0.264 e. The highest BCUT2D eigenvalue weighted by atomic mass is 35.5. The standard InChI is InChI=1S/C25H27ClN2O4S/c1-19-17-22(14-15-24(19)32-2)33(30,31)28(21-11-4-3-5-12-21)18-25(29)27-16-8-10-20-9-6-7-13-23(20)26/h3-7,9,11-15,17H,8,10,16,18H2,1-2H3,(H,27,29). The average Bonchev–Trinajstić information content (AvgIpc) is 2.81. The second-order valence-electron chi connectivity index (χ2n) is 7.52. The van der Waals surface area contributed by atoms with E-state index in [4.69, 9.17) is 16.3 Å². The number of halogens is 1. The van der Waals surface area contributed by atoms with Crippen LogP contribution in [-0.4, -0.2) is 34.5 Å². The van der Waals surface area contributed by atoms with Crippen LogP contribution < -0.4 is 14.4 Å². The minimum Gasteiger partial charge on any atom is -0.496 e. The molecular weight excluding hydrogens is 460 g/mol. The zero-order valence-electron chi connectivity index (χ0n) is 18.6. The first-order valence-corrected chi connectivity index (χ1v) is 12.4. The fourth-order valence-corrected chi connectivity index (χ4v) is 5.18. The van der Waals surface area contributed by atoms with E-state index >= 15 is 0 Å². The molecule has 0 spiro atoms. The van der Waals surface area contributed by atoms with Crippen LogP contribution in [0.3, 0.4) is 0 Å². The molecule has 0 atom stereocenters. The lowest BCUT2D eigenvalue weighted by atomic mass is 10.1. The van der Waals surface area contributed by atoms with Gasteiger partial charge >= 0.3 is 0 Å². The van der Waals surface area contributed by atoms with Crippen molar-refractivity contribution in [3.8, 4) is 5.75 Å². The molecule has 0 radical (unpaired) electrons. The lowest BCUT2D eigenvalue weighted by Gasteiger charge is -2.24. The molecule has 0 heterocycles. The minimum absolute atomic E-state index is 0.0937. The van der Waals surface area contributed by atoms with Crippen LogP contribution in [-0.2, 0) is 21.2 Å². The number of amides is 1. The van der Waals surface area contributed by atoms with Crippen molar-refractivity contribution in [2.75, 3.05) is 24.5 Å². The van der Waals surface area contributed by atoms with E-state index in [0.717, 1.165) is 9.87 Å². The Balaban J connectivity index is 1.72. The highest BCUT2D eigenvalue weighted by molar-refractivity contribution is 7.92. The van der Waals surface area contributed by atoms with Crippen molar-refractivity contribution < 1.29 is 17.9 Å². The highest BCUT2D eigenvalue weighted by Gasteiger charge is 2.27. The van der Waals surface area contributed by atoms with E-state index in [1.54, 1.807) is 49.4 Å². The molecule has 0 bridgehead atoms. The molecule has 0 aromatic heterocycles. The molecule has 0 aliphatic rings. The Hall–Kier alpha value is -3.03. The van der Waals surface area contributed by atoms with Gasteiger partial charge in [0.15, 0.2) is 0 Å². The number of aryl methyl sites for hydroxylation is 2. The topological polar surface area (TPSA) is 75.7 Å². The molecule has 3 rings (SSSR count). The van der Waals surface area contributed by atoms with Gasteiger partial charge in [0.05, 0.1) is 17.7 Å². The number of benzene rings is 3. The van der Waals surface area contributed by atoms with E-state index in [2.05, 4.69) is 5.32 Å². The molecule has 3 aromatic rings. The van der Waals surface area contributed by atoms with Crippen molar-refractivity contribution in [2.45, 2.75) is 24.7 Å². The highest BCUT2D eigenvalue weighted by Crippen LogP contribution is 2.27. The summed E-state index contributed by atoms with van der Waals surface area (Å²) < 4.78 is 33.3. The first kappa shape index (κ1) is 24.6. The number of sulfonamides is 1. The summed E-state index contributed by atoms with van der Waals surface area (Å²) in [5, 5.41) is 3.51. The van der Waals surface area contributed by atoms with Gasteiger partial charge in [0.25, 0.3) is 10.0 Å². The number of hydrogen-bond acceptors (Lipinski definition) is 4. The Bertz CT molecular complexity index is 1200. The summed E-state index contributed by atoms with van der Waals surface area (Å²) in [4.78, 5) is 12.8. The predicted molar refractivity (Wildman–Crippen MR) is 131 cm³/mol. The van der Waals surface area contributed by atoms with Crippen molar-refractivity contribution in [1.82, 2.24) is 5.32 Å². The van der Waals surface area contributed by atoms with E-state index in [0.29, 0.717) is 41.4 Å². The van der Waals surface area contributed by atoms with Crippen LogP contribution >= 0.6 is 11.6 Å². The third-order valence-corrected chi connectivity index (χ3v) is 7.33. The second-order valence-corrected chi connectivity index (χ2v) is 9.79. The Morgan fingerprint density at radius 3 is 2.39 bits per heavy atom. The number of nitrogens with zero attached hydrogens (tertiary/aromatic N) is 1. The van der Waals surface area contributed by atoms with E-state index in [-0.39, 0.29) is 17.3 Å². The summed E-state index contributed by atoms with van der Waals surface area (Å²) in [6.07, 6.45) is 1.40. The molecule has 0 unspecified atom stereocenters. The van der Waals surface area contributed by atoms with Crippen LogP contribution in [0.5, 0.6) is 5.75 Å². The fraction of sp³-hybridized carbons (Fsp3) is 0.240. The summed E-state index contributed by atoms with van der Waals surface area (Å²) in [6.45, 7) is 1.86. The number of ether oxygens (including phenoxy) is 1. The first-order valence-electron chi connectivity index (χ1n) is 10.6. The Labute approximate surface area is 200 Å². The average molecular weight is 487 g/mol. The quantitative estimate of drug-likeness (QED) is 0.425. The molecule has 1 N–H and O–H groups in total. The zero-order valence-corrected chi connectivity index (χ0v) is 20.2. The third-order valence-electron chi connectivity index (χ3n) is 5.19. The third kappa shape index (κ3) is 6.27. The summed E-state index contributed by atoms with van der Waals surface area (Å²) in [5.74, 6) is 0.211. The van der Waals surface area contributed by atoms with Crippen LogP contribution in [0.4, 0.5) is 5.69 Å². The van der Waals surface area contributed by atoms with Gasteiger partial charge in [0.1, 0.15) is 12.3 Å². The van der Waals surface area contributed by atoms with Crippen molar-refractivity contribution in [3.05, 3.63) is 88.9 Å². The van der Waals surface area contributed by atoms with Crippen molar-refractivity contribution in [2.24, 2.45) is 0 Å². The van der Waals surface area contributed by atoms with Crippen molar-refractivity contribution in [1.29, 1.82) is 0 Å². The molecule has 3 aromatic carbocycles. The number of carbonyl (C=O) groups is 1. The minimum atomic E-state index is -3.98. The van der Waals surface area contributed by atoms with Crippen LogP contribution in [0.1, 0.15) is 17.5 Å². The molecule has 6 nitrogen and oxygen atoms in total. The largest absolute Gasteiger partial charge is 0.496 e. The number of carbonyl (C=O) groups excluding carboxylic acids is 1. The number of nitrogens with one attached hydrogen (secondary N) is 1. The smallest absolute Gasteiger partial charge is 0.264 e. The number of methoxy groups -OCH3 is 1. The van der Waals surface area contributed by atoms with Gasteiger partial charge in [-0.1, -0.05) is 48.0 Å². The molecule has 1 amide bonds. The van der Waals surface area contributed by atoms with Gasteiger partial charge in [0.2, 0.25) is 5.91 Å². The lowest BCUT2D eigenvalue weighted by Crippen LogP contribution is -2.41. The van der Waals surface area contributed by atoms with E-state index < -0.39 is 10.0 Å². The Morgan fingerprint density at radius 2 is 1.73 bits per heavy atom. The summed E-state index contributed by atoms with van der Waals surface area (Å²) in [6, 6.07) is 20.8. The van der Waals surface area contributed by atoms with E-state index in [1.807, 2.05) is 24.3 Å². The molecule has 33 heavy (non-hydrogen) atoms. The Kier molecular flexibility index (Phi) is 8.36. The van der Waals surface area contributed by atoms with Crippen molar-refractivity contribution >= 4 is 33.2 Å². The van der Waals surface area contributed by atoms with E-state index in [9.17, 15) is 13.2 Å². The second kappa shape index (κ2) is 11.2. The molecule has 8 heteroatoms. The van der Waals surface area contributed by atoms with E-state index in [1.165, 1.54) is 13.2 Å². The number of anilines is 1. The monoisotopic (exact) mass is 486 g/mol. The van der Waals surface area contributed by atoms with Gasteiger partial charge in [-0.25, -0.2) is 8.42 Å². The van der Waals surface area contributed by atoms with Crippen LogP contribution in [0.2, 0.25) is 5.02 Å². The zero-order chi connectivity index (χ0) is 23.8. The maximum absolute atomic E-state index is 13.5. The number of rotatable bonds is 10. The molecule has 0 aliphatic carbocycles. The summed E-state index contributed by atoms with van der Waals surface area (Å²) in [7, 11) is -2.45. The van der Waals surface area contributed by atoms with Gasteiger partial charge in [-0.15, -0.1) is 0 Å². The van der Waals surface area contributed by atoms with Gasteiger partial charge in [-0.2, -0.15) is 0 Å².